The molecule has 1 heterocycles. The third-order valence-corrected chi connectivity index (χ3v) is 6.38. The van der Waals surface area contributed by atoms with Gasteiger partial charge in [-0.3, -0.25) is 4.79 Å². The molecule has 3 aromatic rings. The van der Waals surface area contributed by atoms with Gasteiger partial charge >= 0.3 is 0 Å². The summed E-state index contributed by atoms with van der Waals surface area (Å²) in [5.41, 5.74) is 1.71. The molecular weight excluding hydrogens is 372 g/mol. The van der Waals surface area contributed by atoms with E-state index in [1.54, 1.807) is 30.3 Å². The zero-order chi connectivity index (χ0) is 20.3. The number of sulfonamides is 1. The van der Waals surface area contributed by atoms with Crippen LogP contribution in [0.25, 0.3) is 10.9 Å². The van der Waals surface area contributed by atoms with E-state index in [-0.39, 0.29) is 29.3 Å². The van der Waals surface area contributed by atoms with Gasteiger partial charge in [0, 0.05) is 48.4 Å². The van der Waals surface area contributed by atoms with Crippen molar-refractivity contribution in [1.29, 1.82) is 0 Å². The Bertz CT molecular complexity index is 1140. The fraction of sp³-hybridized carbons (Fsp3) is 0.136. The van der Waals surface area contributed by atoms with Crippen LogP contribution in [0.15, 0.2) is 90.5 Å². The number of Topliss-reactive ketones (excluding diaryl/α,β-unsaturated/α-hetero) is 1. The molecule has 0 bridgehead atoms. The van der Waals surface area contributed by atoms with Crippen molar-refractivity contribution < 1.29 is 13.2 Å². The van der Waals surface area contributed by atoms with Crippen LogP contribution in [0.3, 0.4) is 0 Å². The maximum atomic E-state index is 12.9. The Balaban J connectivity index is 1.85. The second kappa shape index (κ2) is 7.96. The number of rotatable bonds is 8. The third-order valence-electron chi connectivity index (χ3n) is 4.55. The molecule has 6 heteroatoms. The van der Waals surface area contributed by atoms with Crippen LogP contribution >= 0.6 is 0 Å². The van der Waals surface area contributed by atoms with Gasteiger partial charge in [0.15, 0.2) is 5.78 Å². The number of carbonyl (C=O) groups is 1. The monoisotopic (exact) mass is 394 g/mol. The first-order valence-corrected chi connectivity index (χ1v) is 10.2. The van der Waals surface area contributed by atoms with E-state index in [0.717, 1.165) is 10.9 Å². The Morgan fingerprint density at radius 2 is 1.86 bits per heavy atom. The van der Waals surface area contributed by atoms with Crippen LogP contribution in [-0.2, 0) is 17.1 Å². The SMILES string of the molecule is C=CCN(CC(=C)C(=O)c1ccc2c(ccn2C)c1)S(=O)(=O)c1ccccc1. The minimum Gasteiger partial charge on any atom is -0.351 e. The van der Waals surface area contributed by atoms with Crippen molar-refractivity contribution in [3.63, 3.8) is 0 Å². The molecule has 0 saturated carbocycles. The number of hydrogen-bond donors (Lipinski definition) is 0. The number of fused-ring (bicyclic) bond motifs is 1. The number of carbonyl (C=O) groups excluding carboxylic acids is 1. The molecule has 0 aliphatic rings. The summed E-state index contributed by atoms with van der Waals surface area (Å²) in [5.74, 6) is -0.275. The summed E-state index contributed by atoms with van der Waals surface area (Å²) in [7, 11) is -1.82. The Hall–Kier alpha value is -2.96. The summed E-state index contributed by atoms with van der Waals surface area (Å²) < 4.78 is 29.0. The minimum atomic E-state index is -3.76. The highest BCUT2D eigenvalue weighted by Gasteiger charge is 2.25. The molecule has 0 saturated heterocycles. The standard InChI is InChI=1S/C22H22N2O3S/c1-4-13-24(28(26,27)20-8-6-5-7-9-20)16-17(2)22(25)19-10-11-21-18(15-19)12-14-23(21)3/h4-12,14-15H,1-2,13,16H2,3H3. The zero-order valence-corrected chi connectivity index (χ0v) is 16.5. The van der Waals surface area contributed by atoms with Crippen molar-refractivity contribution >= 4 is 26.7 Å². The zero-order valence-electron chi connectivity index (χ0n) is 15.7. The van der Waals surface area contributed by atoms with E-state index in [1.807, 2.05) is 29.9 Å². The molecule has 28 heavy (non-hydrogen) atoms. The van der Waals surface area contributed by atoms with E-state index >= 15 is 0 Å². The molecule has 1 aromatic heterocycles. The Morgan fingerprint density at radius 1 is 1.14 bits per heavy atom. The lowest BCUT2D eigenvalue weighted by molar-refractivity contribution is 0.103. The number of hydrogen-bond acceptors (Lipinski definition) is 3. The van der Waals surface area contributed by atoms with Crippen molar-refractivity contribution in [1.82, 2.24) is 8.87 Å². The highest BCUT2D eigenvalue weighted by Crippen LogP contribution is 2.21. The number of benzene rings is 2. The molecule has 0 atom stereocenters. The van der Waals surface area contributed by atoms with Crippen LogP contribution in [0.4, 0.5) is 0 Å². The van der Waals surface area contributed by atoms with Crippen molar-refractivity contribution in [3.8, 4) is 0 Å². The fourth-order valence-electron chi connectivity index (χ4n) is 3.04. The molecule has 0 radical (unpaired) electrons. The molecule has 0 spiro atoms. The molecule has 0 aliphatic carbocycles. The highest BCUT2D eigenvalue weighted by molar-refractivity contribution is 7.89. The fourth-order valence-corrected chi connectivity index (χ4v) is 4.47. The molecule has 0 amide bonds. The van der Waals surface area contributed by atoms with Gasteiger partial charge in [-0.25, -0.2) is 8.42 Å². The molecule has 0 aliphatic heterocycles. The summed E-state index contributed by atoms with van der Waals surface area (Å²) in [6.45, 7) is 7.46. The molecule has 5 nitrogen and oxygen atoms in total. The summed E-state index contributed by atoms with van der Waals surface area (Å²) in [5, 5.41) is 0.945. The second-order valence-corrected chi connectivity index (χ2v) is 8.47. The van der Waals surface area contributed by atoms with Crippen LogP contribution in [0.1, 0.15) is 10.4 Å². The molecule has 3 rings (SSSR count). The van der Waals surface area contributed by atoms with E-state index < -0.39 is 10.0 Å². The van der Waals surface area contributed by atoms with Gasteiger partial charge < -0.3 is 4.57 Å². The summed E-state index contributed by atoms with van der Waals surface area (Å²) >= 11 is 0. The highest BCUT2D eigenvalue weighted by atomic mass is 32.2. The third kappa shape index (κ3) is 3.83. The van der Waals surface area contributed by atoms with Crippen molar-refractivity contribution in [2.45, 2.75) is 4.90 Å². The van der Waals surface area contributed by atoms with Crippen molar-refractivity contribution in [2.75, 3.05) is 13.1 Å². The second-order valence-electron chi connectivity index (χ2n) is 6.53. The van der Waals surface area contributed by atoms with E-state index in [1.165, 1.54) is 22.5 Å². The van der Waals surface area contributed by atoms with Gasteiger partial charge in [0.25, 0.3) is 0 Å². The molecule has 0 unspecified atom stereocenters. The van der Waals surface area contributed by atoms with Crippen LogP contribution in [-0.4, -0.2) is 36.2 Å². The lowest BCUT2D eigenvalue weighted by Crippen LogP contribution is -2.34. The van der Waals surface area contributed by atoms with Gasteiger partial charge in [-0.05, 0) is 36.4 Å². The van der Waals surface area contributed by atoms with Gasteiger partial charge in [0.05, 0.1) is 4.90 Å². The normalized spacial score (nSPS) is 11.6. The maximum absolute atomic E-state index is 12.9. The van der Waals surface area contributed by atoms with Gasteiger partial charge in [0.1, 0.15) is 0 Å². The summed E-state index contributed by atoms with van der Waals surface area (Å²) in [6, 6.07) is 15.5. The number of aryl methyl sites for hydroxylation is 1. The topological polar surface area (TPSA) is 59.4 Å². The van der Waals surface area contributed by atoms with Crippen LogP contribution in [0, 0.1) is 0 Å². The summed E-state index contributed by atoms with van der Waals surface area (Å²) in [4.78, 5) is 13.0. The number of ketones is 1. The predicted octanol–water partition coefficient (Wildman–Crippen LogP) is 3.79. The van der Waals surface area contributed by atoms with E-state index in [9.17, 15) is 13.2 Å². The van der Waals surface area contributed by atoms with E-state index in [0.29, 0.717) is 5.56 Å². The minimum absolute atomic E-state index is 0.0846. The first-order chi connectivity index (χ1) is 13.3. The van der Waals surface area contributed by atoms with Gasteiger partial charge in [0.2, 0.25) is 10.0 Å². The molecular formula is C22H22N2O3S. The molecule has 0 fully saturated rings. The number of aromatic nitrogens is 1. The van der Waals surface area contributed by atoms with E-state index in [2.05, 4.69) is 13.2 Å². The van der Waals surface area contributed by atoms with Crippen molar-refractivity contribution in [2.24, 2.45) is 7.05 Å². The quantitative estimate of drug-likeness (QED) is 0.332. The smallest absolute Gasteiger partial charge is 0.243 e. The van der Waals surface area contributed by atoms with Crippen molar-refractivity contribution in [3.05, 3.63) is 91.2 Å². The number of nitrogens with zero attached hydrogens (tertiary/aromatic N) is 2. The molecule has 2 aromatic carbocycles. The predicted molar refractivity (Wildman–Crippen MR) is 112 cm³/mol. The van der Waals surface area contributed by atoms with Gasteiger partial charge in [-0.2, -0.15) is 4.31 Å². The van der Waals surface area contributed by atoms with Gasteiger partial charge in [-0.15, -0.1) is 6.58 Å². The first-order valence-electron chi connectivity index (χ1n) is 8.78. The molecule has 144 valence electrons. The Labute approximate surface area is 165 Å². The largest absolute Gasteiger partial charge is 0.351 e. The molecule has 0 N–H and O–H groups in total. The van der Waals surface area contributed by atoms with Gasteiger partial charge in [-0.1, -0.05) is 30.9 Å². The van der Waals surface area contributed by atoms with Crippen LogP contribution in [0.2, 0.25) is 0 Å². The lowest BCUT2D eigenvalue weighted by atomic mass is 10.0. The Morgan fingerprint density at radius 3 is 2.54 bits per heavy atom. The first kappa shape index (κ1) is 19.8. The average molecular weight is 394 g/mol. The van der Waals surface area contributed by atoms with E-state index in [4.69, 9.17) is 0 Å². The maximum Gasteiger partial charge on any atom is 0.243 e. The lowest BCUT2D eigenvalue weighted by Gasteiger charge is -2.21. The average Bonchev–Trinajstić information content (AvgIpc) is 3.08. The Kier molecular flexibility index (Phi) is 5.63. The summed E-state index contributed by atoms with van der Waals surface area (Å²) in [6.07, 6.45) is 3.42. The van der Waals surface area contributed by atoms with Crippen LogP contribution < -0.4 is 0 Å². The van der Waals surface area contributed by atoms with Crippen LogP contribution in [0.5, 0.6) is 0 Å².